The van der Waals surface area contributed by atoms with E-state index in [0.717, 1.165) is 18.4 Å². The van der Waals surface area contributed by atoms with Gasteiger partial charge in [-0.3, -0.25) is 9.10 Å². The molecule has 1 aliphatic rings. The molecule has 0 aliphatic heterocycles. The van der Waals surface area contributed by atoms with Crippen LogP contribution in [0.5, 0.6) is 0 Å². The van der Waals surface area contributed by atoms with Crippen LogP contribution in [0.4, 0.5) is 5.69 Å². The highest BCUT2D eigenvalue weighted by Crippen LogP contribution is 2.34. The molecule has 2 aromatic carbocycles. The molecule has 5 nitrogen and oxygen atoms in total. The van der Waals surface area contributed by atoms with Crippen LogP contribution in [0.3, 0.4) is 0 Å². The summed E-state index contributed by atoms with van der Waals surface area (Å²) in [5.41, 5.74) is 2.82. The van der Waals surface area contributed by atoms with E-state index in [1.54, 1.807) is 48.7 Å². The van der Waals surface area contributed by atoms with E-state index in [4.69, 9.17) is 0 Å². The minimum atomic E-state index is -3.75. The van der Waals surface area contributed by atoms with E-state index in [-0.39, 0.29) is 23.4 Å². The van der Waals surface area contributed by atoms with Gasteiger partial charge in [-0.15, -0.1) is 11.3 Å². The molecule has 0 bridgehead atoms. The number of carbonyl (C=O) groups is 1. The lowest BCUT2D eigenvalue weighted by Crippen LogP contribution is -2.33. The highest BCUT2D eigenvalue weighted by molar-refractivity contribution is 7.92. The maximum absolute atomic E-state index is 13.1. The molecule has 0 saturated heterocycles. The fourth-order valence-corrected chi connectivity index (χ4v) is 6.15. The summed E-state index contributed by atoms with van der Waals surface area (Å²) in [4.78, 5) is 13.7. The Morgan fingerprint density at radius 1 is 1.10 bits per heavy atom. The molecule has 1 N–H and O–H groups in total. The zero-order valence-corrected chi connectivity index (χ0v) is 17.7. The third kappa shape index (κ3) is 3.68. The molecule has 0 saturated carbocycles. The number of aryl methyl sites for hydroxylation is 1. The van der Waals surface area contributed by atoms with E-state index in [9.17, 15) is 13.2 Å². The summed E-state index contributed by atoms with van der Waals surface area (Å²) in [7, 11) is -3.75. The summed E-state index contributed by atoms with van der Waals surface area (Å²) in [6, 6.07) is 18.1. The van der Waals surface area contributed by atoms with E-state index in [2.05, 4.69) is 11.4 Å². The van der Waals surface area contributed by atoms with Crippen molar-refractivity contribution < 1.29 is 13.2 Å². The zero-order valence-electron chi connectivity index (χ0n) is 16.0. The summed E-state index contributed by atoms with van der Waals surface area (Å²) in [6.07, 6.45) is 1.79. The topological polar surface area (TPSA) is 66.5 Å². The molecule has 0 radical (unpaired) electrons. The SMILES string of the molecule is CCN(c1ccsc1C(=O)N[C@@H]1CCc2ccccc21)S(=O)(=O)c1ccccc1. The van der Waals surface area contributed by atoms with Gasteiger partial charge >= 0.3 is 0 Å². The maximum Gasteiger partial charge on any atom is 0.264 e. The Morgan fingerprint density at radius 2 is 1.83 bits per heavy atom. The van der Waals surface area contributed by atoms with Crippen molar-refractivity contribution in [3.63, 3.8) is 0 Å². The number of nitrogens with zero attached hydrogens (tertiary/aromatic N) is 1. The number of sulfonamides is 1. The Morgan fingerprint density at radius 3 is 2.59 bits per heavy atom. The molecule has 7 heteroatoms. The minimum Gasteiger partial charge on any atom is -0.344 e. The molecular formula is C22H22N2O3S2. The van der Waals surface area contributed by atoms with Crippen molar-refractivity contribution >= 4 is 33.0 Å². The van der Waals surface area contributed by atoms with Crippen molar-refractivity contribution in [1.29, 1.82) is 0 Å². The quantitative estimate of drug-likeness (QED) is 0.636. The number of anilines is 1. The van der Waals surface area contributed by atoms with Gasteiger partial charge in [-0.05, 0) is 54.5 Å². The second kappa shape index (κ2) is 8.00. The Labute approximate surface area is 175 Å². The first kappa shape index (κ1) is 19.7. The highest BCUT2D eigenvalue weighted by atomic mass is 32.2. The molecule has 1 aliphatic carbocycles. The molecule has 1 amide bonds. The van der Waals surface area contributed by atoms with Crippen molar-refractivity contribution in [1.82, 2.24) is 5.32 Å². The Balaban J connectivity index is 1.62. The maximum atomic E-state index is 13.1. The van der Waals surface area contributed by atoms with Gasteiger partial charge in [-0.25, -0.2) is 8.42 Å². The largest absolute Gasteiger partial charge is 0.344 e. The first-order valence-corrected chi connectivity index (χ1v) is 11.9. The van der Waals surface area contributed by atoms with Crippen LogP contribution in [0.2, 0.25) is 0 Å². The van der Waals surface area contributed by atoms with Crippen LogP contribution in [-0.2, 0) is 16.4 Å². The van der Waals surface area contributed by atoms with Gasteiger partial charge in [0.2, 0.25) is 0 Å². The lowest BCUT2D eigenvalue weighted by molar-refractivity contribution is 0.0941. The fourth-order valence-electron chi connectivity index (χ4n) is 3.79. The second-order valence-corrected chi connectivity index (χ2v) is 9.66. The number of thiophene rings is 1. The molecule has 0 spiro atoms. The van der Waals surface area contributed by atoms with Crippen LogP contribution < -0.4 is 9.62 Å². The minimum absolute atomic E-state index is 0.0468. The lowest BCUT2D eigenvalue weighted by atomic mass is 10.1. The van der Waals surface area contributed by atoms with E-state index in [1.165, 1.54) is 21.2 Å². The van der Waals surface area contributed by atoms with Crippen LogP contribution in [0.1, 0.15) is 40.2 Å². The van der Waals surface area contributed by atoms with E-state index >= 15 is 0 Å². The molecule has 29 heavy (non-hydrogen) atoms. The molecule has 1 atom stereocenters. The number of rotatable bonds is 6. The van der Waals surface area contributed by atoms with Gasteiger partial charge in [-0.2, -0.15) is 0 Å². The molecule has 1 heterocycles. The number of nitrogens with one attached hydrogen (secondary N) is 1. The molecule has 4 rings (SSSR count). The van der Waals surface area contributed by atoms with Crippen molar-refractivity contribution in [2.24, 2.45) is 0 Å². The summed E-state index contributed by atoms with van der Waals surface area (Å²) in [6.45, 7) is 2.01. The number of amides is 1. The van der Waals surface area contributed by atoms with Crippen LogP contribution >= 0.6 is 11.3 Å². The third-order valence-electron chi connectivity index (χ3n) is 5.18. The van der Waals surface area contributed by atoms with Gasteiger partial charge in [0.1, 0.15) is 4.88 Å². The Hall–Kier alpha value is -2.64. The molecule has 0 fully saturated rings. The van der Waals surface area contributed by atoms with Crippen LogP contribution in [0.15, 0.2) is 70.9 Å². The van der Waals surface area contributed by atoms with Gasteiger partial charge in [0.15, 0.2) is 0 Å². The van der Waals surface area contributed by atoms with Crippen molar-refractivity contribution in [3.8, 4) is 0 Å². The normalized spacial score (nSPS) is 15.7. The first-order valence-electron chi connectivity index (χ1n) is 9.56. The van der Waals surface area contributed by atoms with Crippen LogP contribution in [0, 0.1) is 0 Å². The highest BCUT2D eigenvalue weighted by Gasteiger charge is 2.30. The van der Waals surface area contributed by atoms with Crippen molar-refractivity contribution in [2.75, 3.05) is 10.8 Å². The first-order chi connectivity index (χ1) is 14.0. The van der Waals surface area contributed by atoms with Crippen LogP contribution in [-0.4, -0.2) is 20.9 Å². The van der Waals surface area contributed by atoms with E-state index in [1.807, 2.05) is 18.2 Å². The number of hydrogen-bond donors (Lipinski definition) is 1. The van der Waals surface area contributed by atoms with Gasteiger partial charge in [0.05, 0.1) is 16.6 Å². The number of benzene rings is 2. The van der Waals surface area contributed by atoms with Gasteiger partial charge < -0.3 is 5.32 Å². The third-order valence-corrected chi connectivity index (χ3v) is 7.98. The Kier molecular flexibility index (Phi) is 5.43. The fraction of sp³-hybridized carbons (Fsp3) is 0.227. The van der Waals surface area contributed by atoms with E-state index in [0.29, 0.717) is 10.6 Å². The summed E-state index contributed by atoms with van der Waals surface area (Å²) in [5, 5.41) is 4.86. The smallest absolute Gasteiger partial charge is 0.264 e. The number of hydrogen-bond acceptors (Lipinski definition) is 4. The lowest BCUT2D eigenvalue weighted by Gasteiger charge is -2.23. The average Bonchev–Trinajstić information content (AvgIpc) is 3.37. The van der Waals surface area contributed by atoms with Gasteiger partial charge in [-0.1, -0.05) is 42.5 Å². The van der Waals surface area contributed by atoms with Crippen molar-refractivity contribution in [2.45, 2.75) is 30.7 Å². The monoisotopic (exact) mass is 426 g/mol. The van der Waals surface area contributed by atoms with Gasteiger partial charge in [0.25, 0.3) is 15.9 Å². The molecule has 3 aromatic rings. The van der Waals surface area contributed by atoms with Gasteiger partial charge in [0, 0.05) is 6.54 Å². The molecular weight excluding hydrogens is 404 g/mol. The van der Waals surface area contributed by atoms with Crippen molar-refractivity contribution in [3.05, 3.63) is 82.0 Å². The Bertz CT molecular complexity index is 1120. The summed E-state index contributed by atoms with van der Waals surface area (Å²) in [5.74, 6) is -0.238. The molecule has 0 unspecified atom stereocenters. The standard InChI is InChI=1S/C22H22N2O3S2/c1-2-24(29(26,27)17-9-4-3-5-10-17)20-14-15-28-21(20)22(25)23-19-13-12-16-8-6-7-11-18(16)19/h3-11,14-15,19H,2,12-13H2,1H3,(H,23,25)/t19-/m1/s1. The predicted octanol–water partition coefficient (Wildman–Crippen LogP) is 4.38. The second-order valence-electron chi connectivity index (χ2n) is 6.88. The molecule has 1 aromatic heterocycles. The zero-order chi connectivity index (χ0) is 20.4. The summed E-state index contributed by atoms with van der Waals surface area (Å²) < 4.78 is 27.6. The summed E-state index contributed by atoms with van der Waals surface area (Å²) >= 11 is 1.26. The molecule has 150 valence electrons. The average molecular weight is 427 g/mol. The number of carbonyl (C=O) groups excluding carboxylic acids is 1. The number of fused-ring (bicyclic) bond motifs is 1. The van der Waals surface area contributed by atoms with E-state index < -0.39 is 10.0 Å². The predicted molar refractivity (Wildman–Crippen MR) is 116 cm³/mol. The van der Waals surface area contributed by atoms with Crippen LogP contribution in [0.25, 0.3) is 0 Å².